The number of hydrogen-bond donors (Lipinski definition) is 2. The normalized spacial score (nSPS) is 33.2. The van der Waals surface area contributed by atoms with E-state index in [0.717, 1.165) is 32.1 Å². The molecule has 16 heavy (non-hydrogen) atoms. The summed E-state index contributed by atoms with van der Waals surface area (Å²) in [7, 11) is 0. The predicted octanol–water partition coefficient (Wildman–Crippen LogP) is 0.0919. The molecule has 92 valence electrons. The van der Waals surface area contributed by atoms with Gasteiger partial charge in [0.15, 0.2) is 11.3 Å². The fourth-order valence-corrected chi connectivity index (χ4v) is 2.91. The van der Waals surface area contributed by atoms with Gasteiger partial charge in [-0.05, 0) is 32.6 Å². The summed E-state index contributed by atoms with van der Waals surface area (Å²) in [4.78, 5) is 13.2. The van der Waals surface area contributed by atoms with Crippen LogP contribution in [0.3, 0.4) is 0 Å². The minimum absolute atomic E-state index is 0.393. The van der Waals surface area contributed by atoms with E-state index in [-0.39, 0.29) is 0 Å². The second-order valence-corrected chi connectivity index (χ2v) is 4.95. The largest absolute Gasteiger partial charge is 0.438 e. The van der Waals surface area contributed by atoms with E-state index in [2.05, 4.69) is 5.73 Å². The molecule has 0 aromatic carbocycles. The molecule has 5 nitrogen and oxygen atoms in total. The lowest BCUT2D eigenvalue weighted by Gasteiger charge is -2.41. The van der Waals surface area contributed by atoms with Crippen molar-refractivity contribution in [1.82, 2.24) is 4.90 Å². The second-order valence-electron chi connectivity index (χ2n) is 4.95. The van der Waals surface area contributed by atoms with Crippen LogP contribution in [0.25, 0.3) is 0 Å². The van der Waals surface area contributed by atoms with Crippen LogP contribution in [0.4, 0.5) is 4.79 Å². The van der Waals surface area contributed by atoms with Gasteiger partial charge < -0.3 is 15.6 Å². The highest BCUT2D eigenvalue weighted by Crippen LogP contribution is 2.46. The molecular formula is C11H21N2O3+. The number of hydrogen-bond acceptors (Lipinski definition) is 3. The van der Waals surface area contributed by atoms with Crippen LogP contribution in [-0.4, -0.2) is 40.5 Å². The van der Waals surface area contributed by atoms with Crippen LogP contribution in [0.1, 0.15) is 39.0 Å². The first-order chi connectivity index (χ1) is 7.53. The number of quaternary nitrogens is 1. The van der Waals surface area contributed by atoms with Gasteiger partial charge in [0.2, 0.25) is 0 Å². The van der Waals surface area contributed by atoms with E-state index in [0.29, 0.717) is 13.1 Å². The average molecular weight is 229 g/mol. The van der Waals surface area contributed by atoms with Crippen molar-refractivity contribution < 1.29 is 20.4 Å². The maximum Gasteiger partial charge on any atom is 0.413 e. The summed E-state index contributed by atoms with van der Waals surface area (Å²) in [5, 5.41) is 10.6. The van der Waals surface area contributed by atoms with Gasteiger partial charge in [-0.3, -0.25) is 4.90 Å². The van der Waals surface area contributed by atoms with E-state index in [1.54, 1.807) is 6.92 Å². The highest BCUT2D eigenvalue weighted by Gasteiger charge is 2.61. The first-order valence-corrected chi connectivity index (χ1v) is 6.06. The molecule has 0 aromatic heterocycles. The molecule has 2 rings (SSSR count). The monoisotopic (exact) mass is 229 g/mol. The average Bonchev–Trinajstić information content (AvgIpc) is 2.41. The number of amides is 1. The third kappa shape index (κ3) is 1.50. The van der Waals surface area contributed by atoms with Gasteiger partial charge in [-0.15, -0.1) is 0 Å². The van der Waals surface area contributed by atoms with Gasteiger partial charge in [0, 0.05) is 0 Å². The summed E-state index contributed by atoms with van der Waals surface area (Å²) in [6.07, 6.45) is 4.32. The number of rotatable bonds is 2. The van der Waals surface area contributed by atoms with Crippen molar-refractivity contribution in [2.45, 2.75) is 50.4 Å². The van der Waals surface area contributed by atoms with E-state index >= 15 is 0 Å². The highest BCUT2D eigenvalue weighted by molar-refractivity contribution is 5.72. The van der Waals surface area contributed by atoms with Crippen molar-refractivity contribution in [3.63, 3.8) is 0 Å². The number of ether oxygens (including phenoxy) is 1. The Hall–Kier alpha value is -0.810. The molecule has 5 heteroatoms. The van der Waals surface area contributed by atoms with Crippen LogP contribution in [0.15, 0.2) is 0 Å². The van der Waals surface area contributed by atoms with Gasteiger partial charge >= 0.3 is 6.09 Å². The topological polar surface area (TPSA) is 77.4 Å². The van der Waals surface area contributed by atoms with Gasteiger partial charge in [-0.1, -0.05) is 6.42 Å². The Morgan fingerprint density at radius 1 is 1.44 bits per heavy atom. The minimum atomic E-state index is -1.18. The van der Waals surface area contributed by atoms with Crippen LogP contribution < -0.4 is 5.73 Å². The summed E-state index contributed by atoms with van der Waals surface area (Å²) >= 11 is 0. The fourth-order valence-electron chi connectivity index (χ4n) is 2.91. The van der Waals surface area contributed by atoms with Crippen molar-refractivity contribution in [2.24, 2.45) is 0 Å². The maximum absolute atomic E-state index is 11.8. The van der Waals surface area contributed by atoms with Gasteiger partial charge in [0.05, 0.1) is 13.1 Å². The quantitative estimate of drug-likeness (QED) is 0.704. The number of nitrogens with zero attached hydrogens (tertiary/aromatic N) is 1. The molecule has 2 fully saturated rings. The first-order valence-electron chi connectivity index (χ1n) is 6.06. The standard InChI is InChI=1S/C11H20N2O3/c1-10(15)11(5-3-2-4-6-11)16-9(14)13(10)8-7-12/h15H,2-8,12H2,1H3/p+1/t10-/m1/s1. The van der Waals surface area contributed by atoms with Crippen LogP contribution in [-0.2, 0) is 4.74 Å². The maximum atomic E-state index is 11.8. The van der Waals surface area contributed by atoms with E-state index in [1.165, 1.54) is 4.90 Å². The Labute approximate surface area is 95.5 Å². The molecule has 1 atom stereocenters. The minimum Gasteiger partial charge on any atom is -0.438 e. The Balaban J connectivity index is 2.25. The van der Waals surface area contributed by atoms with Gasteiger partial charge in [-0.25, -0.2) is 4.79 Å². The Kier molecular flexibility index (Phi) is 2.84. The molecular weight excluding hydrogens is 208 g/mol. The third-order valence-electron chi connectivity index (χ3n) is 3.93. The van der Waals surface area contributed by atoms with E-state index in [4.69, 9.17) is 4.74 Å². The molecule has 4 N–H and O–H groups in total. The summed E-state index contributed by atoms with van der Waals surface area (Å²) in [5.41, 5.74) is 1.86. The van der Waals surface area contributed by atoms with E-state index < -0.39 is 17.4 Å². The van der Waals surface area contributed by atoms with E-state index in [9.17, 15) is 9.90 Å². The van der Waals surface area contributed by atoms with Crippen molar-refractivity contribution >= 4 is 6.09 Å². The Morgan fingerprint density at radius 3 is 2.62 bits per heavy atom. The zero-order valence-corrected chi connectivity index (χ0v) is 9.87. The van der Waals surface area contributed by atoms with Crippen LogP contribution in [0.2, 0.25) is 0 Å². The van der Waals surface area contributed by atoms with Crippen molar-refractivity contribution in [2.75, 3.05) is 13.1 Å². The molecule has 1 saturated heterocycles. The molecule has 1 spiro atoms. The Bertz CT molecular complexity index is 285. The summed E-state index contributed by atoms with van der Waals surface area (Å²) in [5.74, 6) is 0. The lowest BCUT2D eigenvalue weighted by molar-refractivity contribution is -0.370. The van der Waals surface area contributed by atoms with E-state index in [1.807, 2.05) is 0 Å². The van der Waals surface area contributed by atoms with Crippen LogP contribution in [0.5, 0.6) is 0 Å². The summed E-state index contributed by atoms with van der Waals surface area (Å²) < 4.78 is 5.48. The Morgan fingerprint density at radius 2 is 2.06 bits per heavy atom. The third-order valence-corrected chi connectivity index (χ3v) is 3.93. The van der Waals surface area contributed by atoms with Gasteiger partial charge in [0.1, 0.15) is 0 Å². The molecule has 0 aromatic rings. The summed E-state index contributed by atoms with van der Waals surface area (Å²) in [6.45, 7) is 2.73. The molecule has 0 radical (unpaired) electrons. The molecule has 1 amide bonds. The molecule has 0 unspecified atom stereocenters. The molecule has 1 saturated carbocycles. The molecule has 1 aliphatic heterocycles. The van der Waals surface area contributed by atoms with Crippen molar-refractivity contribution in [3.8, 4) is 0 Å². The molecule has 1 heterocycles. The van der Waals surface area contributed by atoms with Crippen LogP contribution in [0, 0.1) is 0 Å². The number of aliphatic hydroxyl groups is 1. The van der Waals surface area contributed by atoms with Crippen LogP contribution >= 0.6 is 0 Å². The highest BCUT2D eigenvalue weighted by atomic mass is 16.6. The lowest BCUT2D eigenvalue weighted by Crippen LogP contribution is -2.62. The molecule has 0 bridgehead atoms. The molecule has 2 aliphatic rings. The van der Waals surface area contributed by atoms with Crippen molar-refractivity contribution in [3.05, 3.63) is 0 Å². The zero-order valence-electron chi connectivity index (χ0n) is 9.87. The van der Waals surface area contributed by atoms with Crippen molar-refractivity contribution in [1.29, 1.82) is 0 Å². The number of carbonyl (C=O) groups is 1. The lowest BCUT2D eigenvalue weighted by atomic mass is 9.77. The molecule has 1 aliphatic carbocycles. The summed E-state index contributed by atoms with van der Waals surface area (Å²) in [6, 6.07) is 0. The fraction of sp³-hybridized carbons (Fsp3) is 0.909. The van der Waals surface area contributed by atoms with Gasteiger partial charge in [0.25, 0.3) is 0 Å². The number of carbonyl (C=O) groups excluding carboxylic acids is 1. The van der Waals surface area contributed by atoms with Gasteiger partial charge in [-0.2, -0.15) is 0 Å². The first kappa shape index (κ1) is 11.7. The predicted molar refractivity (Wildman–Crippen MR) is 57.4 cm³/mol. The SMILES string of the molecule is C[C@]1(O)N(CC[NH3+])C(=O)OC12CCCCC2. The zero-order chi connectivity index (χ0) is 11.8. The smallest absolute Gasteiger partial charge is 0.413 e. The second kappa shape index (κ2) is 3.89.